The Balaban J connectivity index is 4.40. The van der Waals surface area contributed by atoms with Crippen molar-refractivity contribution in [3.8, 4) is 0 Å². The van der Waals surface area contributed by atoms with Gasteiger partial charge in [-0.05, 0) is 70.6 Å². The van der Waals surface area contributed by atoms with Crippen molar-refractivity contribution in [1.29, 1.82) is 0 Å². The lowest BCUT2D eigenvalue weighted by Gasteiger charge is -2.18. The van der Waals surface area contributed by atoms with Gasteiger partial charge in [0.1, 0.15) is 13.2 Å². The SMILES string of the molecule is CC\C=C/C=C\C=C/CCCCCCCCCC(=O)OC(COC(=O)CCCC/C=C\C/C=C\C/C=C\CC)COC(=O)CCCCCCCCCCCCCCCCCCC. The molecule has 62 heavy (non-hydrogen) atoms. The topological polar surface area (TPSA) is 78.9 Å². The third kappa shape index (κ3) is 47.9. The van der Waals surface area contributed by atoms with Gasteiger partial charge < -0.3 is 14.2 Å². The largest absolute Gasteiger partial charge is 0.462 e. The molecule has 0 radical (unpaired) electrons. The van der Waals surface area contributed by atoms with E-state index in [-0.39, 0.29) is 31.1 Å². The van der Waals surface area contributed by atoms with E-state index < -0.39 is 6.10 Å². The molecular formula is C56H96O6. The first-order valence-corrected chi connectivity index (χ1v) is 26.0. The maximum Gasteiger partial charge on any atom is 0.306 e. The van der Waals surface area contributed by atoms with Crippen molar-refractivity contribution >= 4 is 17.9 Å². The Morgan fingerprint density at radius 1 is 0.355 bits per heavy atom. The van der Waals surface area contributed by atoms with Gasteiger partial charge in [-0.15, -0.1) is 0 Å². The molecule has 0 aliphatic carbocycles. The lowest BCUT2D eigenvalue weighted by Crippen LogP contribution is -2.30. The Labute approximate surface area is 382 Å². The minimum atomic E-state index is -0.795. The highest BCUT2D eigenvalue weighted by Crippen LogP contribution is 2.16. The summed E-state index contributed by atoms with van der Waals surface area (Å²) in [5.74, 6) is -0.941. The van der Waals surface area contributed by atoms with Crippen molar-refractivity contribution in [2.24, 2.45) is 0 Å². The van der Waals surface area contributed by atoms with E-state index >= 15 is 0 Å². The molecule has 1 atom stereocenters. The molecule has 0 amide bonds. The lowest BCUT2D eigenvalue weighted by molar-refractivity contribution is -0.167. The number of esters is 3. The van der Waals surface area contributed by atoms with Crippen molar-refractivity contribution in [3.05, 3.63) is 72.9 Å². The fourth-order valence-electron chi connectivity index (χ4n) is 7.16. The average Bonchev–Trinajstić information content (AvgIpc) is 3.27. The third-order valence-electron chi connectivity index (χ3n) is 11.0. The molecule has 0 aromatic rings. The molecule has 0 bridgehead atoms. The van der Waals surface area contributed by atoms with Crippen molar-refractivity contribution < 1.29 is 28.6 Å². The smallest absolute Gasteiger partial charge is 0.306 e. The van der Waals surface area contributed by atoms with Gasteiger partial charge in [-0.3, -0.25) is 14.4 Å². The zero-order valence-electron chi connectivity index (χ0n) is 40.6. The number of carbonyl (C=O) groups excluding carboxylic acids is 3. The number of allylic oxidation sites excluding steroid dienone is 12. The van der Waals surface area contributed by atoms with Crippen LogP contribution in [0.2, 0.25) is 0 Å². The summed E-state index contributed by atoms with van der Waals surface area (Å²) in [5.41, 5.74) is 0. The zero-order chi connectivity index (χ0) is 45.1. The molecule has 0 spiro atoms. The van der Waals surface area contributed by atoms with Crippen LogP contribution in [0, 0.1) is 0 Å². The van der Waals surface area contributed by atoms with Crippen LogP contribution >= 0.6 is 0 Å². The van der Waals surface area contributed by atoms with Gasteiger partial charge in [-0.1, -0.05) is 229 Å². The second-order valence-corrected chi connectivity index (χ2v) is 17.1. The standard InChI is InChI=1S/C56H96O6/c1-4-7-10-13-16-19-22-25-27-28-30-31-34-37-40-43-46-49-55(58)61-52-53(51-60-54(57)48-45-42-39-36-33-24-21-18-15-12-9-6-3)62-56(59)50-47-44-41-38-35-32-29-26-23-20-17-14-11-8-5-2/h8-9,11-12,14,17-18,20-21,23,33,36,53H,4-7,10,13,15-16,19,22,24-32,34-35,37-52H2,1-3H3/b11-8-,12-9-,17-14-,21-18-,23-20-,36-33-. The highest BCUT2D eigenvalue weighted by molar-refractivity contribution is 5.71. The highest BCUT2D eigenvalue weighted by Gasteiger charge is 2.19. The molecule has 0 aromatic heterocycles. The molecule has 1 unspecified atom stereocenters. The summed E-state index contributed by atoms with van der Waals surface area (Å²) in [5, 5.41) is 0. The fourth-order valence-corrected chi connectivity index (χ4v) is 7.16. The van der Waals surface area contributed by atoms with Crippen molar-refractivity contribution in [2.45, 2.75) is 252 Å². The number of hydrogen-bond acceptors (Lipinski definition) is 6. The monoisotopic (exact) mass is 865 g/mol. The lowest BCUT2D eigenvalue weighted by atomic mass is 10.0. The van der Waals surface area contributed by atoms with Crippen LogP contribution in [0.25, 0.3) is 0 Å². The normalized spacial score (nSPS) is 12.6. The number of unbranched alkanes of at least 4 members (excludes halogenated alkanes) is 25. The van der Waals surface area contributed by atoms with Crippen LogP contribution in [-0.4, -0.2) is 37.2 Å². The summed E-state index contributed by atoms with van der Waals surface area (Å²) in [7, 11) is 0. The Morgan fingerprint density at radius 3 is 1.19 bits per heavy atom. The van der Waals surface area contributed by atoms with Crippen molar-refractivity contribution in [1.82, 2.24) is 0 Å². The average molecular weight is 865 g/mol. The van der Waals surface area contributed by atoms with Crippen LogP contribution in [0.5, 0.6) is 0 Å². The van der Waals surface area contributed by atoms with E-state index in [2.05, 4.69) is 93.7 Å². The van der Waals surface area contributed by atoms with Crippen LogP contribution < -0.4 is 0 Å². The summed E-state index contributed by atoms with van der Waals surface area (Å²) in [6.45, 7) is 6.36. The highest BCUT2D eigenvalue weighted by atomic mass is 16.6. The van der Waals surface area contributed by atoms with E-state index in [1.54, 1.807) is 0 Å². The molecule has 0 fully saturated rings. The number of rotatable bonds is 46. The summed E-state index contributed by atoms with van der Waals surface area (Å²) >= 11 is 0. The van der Waals surface area contributed by atoms with E-state index in [9.17, 15) is 14.4 Å². The molecule has 0 rings (SSSR count). The van der Waals surface area contributed by atoms with Gasteiger partial charge in [0.05, 0.1) is 0 Å². The summed E-state index contributed by atoms with van der Waals surface area (Å²) < 4.78 is 16.8. The van der Waals surface area contributed by atoms with E-state index in [1.165, 1.54) is 116 Å². The molecule has 6 heteroatoms. The Kier molecular flexibility index (Phi) is 47.9. The van der Waals surface area contributed by atoms with Gasteiger partial charge in [-0.2, -0.15) is 0 Å². The maximum absolute atomic E-state index is 12.8. The van der Waals surface area contributed by atoms with Gasteiger partial charge in [-0.25, -0.2) is 0 Å². The Bertz CT molecular complexity index is 1180. The van der Waals surface area contributed by atoms with Gasteiger partial charge in [0.15, 0.2) is 6.10 Å². The predicted octanol–water partition coefficient (Wildman–Crippen LogP) is 17.0. The van der Waals surface area contributed by atoms with Gasteiger partial charge in [0.2, 0.25) is 0 Å². The van der Waals surface area contributed by atoms with Crippen molar-refractivity contribution in [2.75, 3.05) is 13.2 Å². The molecule has 0 aromatic carbocycles. The first kappa shape index (κ1) is 58.9. The van der Waals surface area contributed by atoms with E-state index in [1.807, 2.05) is 0 Å². The van der Waals surface area contributed by atoms with E-state index in [4.69, 9.17) is 14.2 Å². The van der Waals surface area contributed by atoms with Gasteiger partial charge in [0, 0.05) is 19.3 Å². The first-order valence-electron chi connectivity index (χ1n) is 26.0. The van der Waals surface area contributed by atoms with Crippen LogP contribution in [0.4, 0.5) is 0 Å². The van der Waals surface area contributed by atoms with Crippen LogP contribution in [0.3, 0.4) is 0 Å². The van der Waals surface area contributed by atoms with Gasteiger partial charge in [0.25, 0.3) is 0 Å². The quantitative estimate of drug-likeness (QED) is 0.0199. The molecule has 0 aliphatic rings. The zero-order valence-corrected chi connectivity index (χ0v) is 40.6. The number of carbonyl (C=O) groups is 3. The summed E-state index contributed by atoms with van der Waals surface area (Å²) in [4.78, 5) is 38.0. The van der Waals surface area contributed by atoms with Crippen LogP contribution in [0.1, 0.15) is 245 Å². The van der Waals surface area contributed by atoms with Crippen LogP contribution in [-0.2, 0) is 28.6 Å². The predicted molar refractivity (Wildman–Crippen MR) is 265 cm³/mol. The molecule has 0 N–H and O–H groups in total. The second-order valence-electron chi connectivity index (χ2n) is 17.1. The van der Waals surface area contributed by atoms with Gasteiger partial charge >= 0.3 is 17.9 Å². The van der Waals surface area contributed by atoms with E-state index in [0.717, 1.165) is 89.9 Å². The Hall–Kier alpha value is -3.15. The maximum atomic E-state index is 12.8. The molecule has 0 saturated carbocycles. The minimum Gasteiger partial charge on any atom is -0.462 e. The molecular weight excluding hydrogens is 769 g/mol. The van der Waals surface area contributed by atoms with Crippen LogP contribution in [0.15, 0.2) is 72.9 Å². The van der Waals surface area contributed by atoms with E-state index in [0.29, 0.717) is 19.3 Å². The Morgan fingerprint density at radius 2 is 0.710 bits per heavy atom. The summed E-state index contributed by atoms with van der Waals surface area (Å²) in [6.07, 6.45) is 63.2. The number of ether oxygens (including phenoxy) is 3. The number of hydrogen-bond donors (Lipinski definition) is 0. The fraction of sp³-hybridized carbons (Fsp3) is 0.732. The third-order valence-corrected chi connectivity index (χ3v) is 11.0. The molecule has 0 saturated heterocycles. The molecule has 0 heterocycles. The summed E-state index contributed by atoms with van der Waals surface area (Å²) in [6, 6.07) is 0. The molecule has 6 nitrogen and oxygen atoms in total. The minimum absolute atomic E-state index is 0.0909. The second kappa shape index (κ2) is 50.5. The van der Waals surface area contributed by atoms with Crippen molar-refractivity contribution in [3.63, 3.8) is 0 Å². The molecule has 0 aliphatic heterocycles. The first-order chi connectivity index (χ1) is 30.5. The molecule has 356 valence electrons.